The van der Waals surface area contributed by atoms with Gasteiger partial charge in [0.2, 0.25) is 0 Å². The molecule has 20 heavy (non-hydrogen) atoms. The van der Waals surface area contributed by atoms with E-state index in [0.29, 0.717) is 27.6 Å². The third-order valence-electron chi connectivity index (χ3n) is 2.70. The van der Waals surface area contributed by atoms with Crippen LogP contribution in [0.25, 0.3) is 0 Å². The summed E-state index contributed by atoms with van der Waals surface area (Å²) in [6.07, 6.45) is 5.33. The number of amides is 1. The molecule has 1 N–H and O–H groups in total. The Kier molecular flexibility index (Phi) is 4.29. The van der Waals surface area contributed by atoms with Crippen molar-refractivity contribution in [2.75, 3.05) is 12.4 Å². The van der Waals surface area contributed by atoms with Gasteiger partial charge in [-0.3, -0.25) is 4.79 Å². The van der Waals surface area contributed by atoms with Gasteiger partial charge in [0, 0.05) is 16.3 Å². The van der Waals surface area contributed by atoms with Crippen molar-refractivity contribution in [1.29, 1.82) is 0 Å². The van der Waals surface area contributed by atoms with E-state index < -0.39 is 0 Å². The molecule has 0 heterocycles. The summed E-state index contributed by atoms with van der Waals surface area (Å²) < 4.78 is 5.15. The van der Waals surface area contributed by atoms with Gasteiger partial charge >= 0.3 is 0 Å². The molecule has 3 nitrogen and oxygen atoms in total. The summed E-state index contributed by atoms with van der Waals surface area (Å²) in [4.78, 5) is 12.2. The number of anilines is 1. The second-order valence-electron chi connectivity index (χ2n) is 4.02. The standard InChI is InChI=1S/C16H12ClNO2/c1-3-11-5-4-6-13(9-11)18-16(19)14-8-7-12(17)10-15(14)20-2/h1,4-10H,2H3,(H,18,19). The van der Waals surface area contributed by atoms with E-state index in [0.717, 1.165) is 0 Å². The number of nitrogens with one attached hydrogen (secondary N) is 1. The van der Waals surface area contributed by atoms with Crippen LogP contribution in [0.15, 0.2) is 42.5 Å². The second-order valence-corrected chi connectivity index (χ2v) is 4.46. The van der Waals surface area contributed by atoms with Crippen molar-refractivity contribution in [1.82, 2.24) is 0 Å². The molecule has 2 aromatic carbocycles. The second kappa shape index (κ2) is 6.14. The molecule has 0 unspecified atom stereocenters. The Hall–Kier alpha value is -2.44. The first kappa shape index (κ1) is 14.0. The first-order valence-electron chi connectivity index (χ1n) is 5.85. The number of hydrogen-bond acceptors (Lipinski definition) is 2. The molecule has 4 heteroatoms. The third kappa shape index (κ3) is 3.11. The SMILES string of the molecule is C#Cc1cccc(NC(=O)c2ccc(Cl)cc2OC)c1. The number of rotatable bonds is 3. The summed E-state index contributed by atoms with van der Waals surface area (Å²) in [6.45, 7) is 0. The van der Waals surface area contributed by atoms with Crippen molar-refractivity contribution in [2.24, 2.45) is 0 Å². The van der Waals surface area contributed by atoms with Crippen LogP contribution in [-0.4, -0.2) is 13.0 Å². The highest BCUT2D eigenvalue weighted by atomic mass is 35.5. The molecule has 0 saturated carbocycles. The predicted octanol–water partition coefficient (Wildman–Crippen LogP) is 3.58. The molecule has 0 aliphatic heterocycles. The van der Waals surface area contributed by atoms with Crippen LogP contribution in [0.3, 0.4) is 0 Å². The topological polar surface area (TPSA) is 38.3 Å². The quantitative estimate of drug-likeness (QED) is 0.875. The van der Waals surface area contributed by atoms with Crippen LogP contribution in [0.5, 0.6) is 5.75 Å². The maximum Gasteiger partial charge on any atom is 0.259 e. The summed E-state index contributed by atoms with van der Waals surface area (Å²) in [7, 11) is 1.49. The van der Waals surface area contributed by atoms with E-state index in [2.05, 4.69) is 11.2 Å². The van der Waals surface area contributed by atoms with E-state index in [9.17, 15) is 4.79 Å². The van der Waals surface area contributed by atoms with E-state index in [-0.39, 0.29) is 5.91 Å². The molecule has 0 aliphatic carbocycles. The molecule has 0 saturated heterocycles. The molecule has 0 radical (unpaired) electrons. The fraction of sp³-hybridized carbons (Fsp3) is 0.0625. The minimum absolute atomic E-state index is 0.285. The van der Waals surface area contributed by atoms with Crippen molar-refractivity contribution in [3.8, 4) is 18.1 Å². The molecule has 0 aliphatic rings. The van der Waals surface area contributed by atoms with E-state index >= 15 is 0 Å². The Labute approximate surface area is 122 Å². The maximum atomic E-state index is 12.2. The number of hydrogen-bond donors (Lipinski definition) is 1. The van der Waals surface area contributed by atoms with Gasteiger partial charge in [-0.1, -0.05) is 23.6 Å². The fourth-order valence-corrected chi connectivity index (χ4v) is 1.90. The average molecular weight is 286 g/mol. The van der Waals surface area contributed by atoms with Gasteiger partial charge in [-0.2, -0.15) is 0 Å². The first-order chi connectivity index (χ1) is 9.63. The molecule has 0 fully saturated rings. The lowest BCUT2D eigenvalue weighted by Crippen LogP contribution is -2.13. The molecule has 0 aromatic heterocycles. The summed E-state index contributed by atoms with van der Waals surface area (Å²) in [6, 6.07) is 11.9. The van der Waals surface area contributed by atoms with E-state index in [4.69, 9.17) is 22.8 Å². The summed E-state index contributed by atoms with van der Waals surface area (Å²) in [5, 5.41) is 3.28. The van der Waals surface area contributed by atoms with Crippen LogP contribution in [0, 0.1) is 12.3 Å². The smallest absolute Gasteiger partial charge is 0.259 e. The highest BCUT2D eigenvalue weighted by Gasteiger charge is 2.12. The van der Waals surface area contributed by atoms with Gasteiger partial charge in [0.05, 0.1) is 12.7 Å². The number of carbonyl (C=O) groups excluding carboxylic acids is 1. The lowest BCUT2D eigenvalue weighted by Gasteiger charge is -2.10. The van der Waals surface area contributed by atoms with E-state index in [1.165, 1.54) is 7.11 Å². The molecular formula is C16H12ClNO2. The zero-order valence-electron chi connectivity index (χ0n) is 10.8. The van der Waals surface area contributed by atoms with Crippen LogP contribution in [0.4, 0.5) is 5.69 Å². The summed E-state index contributed by atoms with van der Waals surface area (Å²) in [5.74, 6) is 2.65. The van der Waals surface area contributed by atoms with Crippen LogP contribution in [-0.2, 0) is 0 Å². The average Bonchev–Trinajstić information content (AvgIpc) is 2.47. The lowest BCUT2D eigenvalue weighted by molar-refractivity contribution is 0.102. The molecule has 0 spiro atoms. The predicted molar refractivity (Wildman–Crippen MR) is 80.3 cm³/mol. The van der Waals surface area contributed by atoms with Crippen molar-refractivity contribution >= 4 is 23.2 Å². The monoisotopic (exact) mass is 285 g/mol. The molecule has 2 rings (SSSR count). The fourth-order valence-electron chi connectivity index (χ4n) is 1.74. The van der Waals surface area contributed by atoms with Crippen molar-refractivity contribution in [2.45, 2.75) is 0 Å². The zero-order valence-corrected chi connectivity index (χ0v) is 11.6. The number of terminal acetylenes is 1. The van der Waals surface area contributed by atoms with Crippen molar-refractivity contribution in [3.63, 3.8) is 0 Å². The molecule has 1 amide bonds. The lowest BCUT2D eigenvalue weighted by atomic mass is 10.1. The van der Waals surface area contributed by atoms with Gasteiger partial charge in [-0.25, -0.2) is 0 Å². The van der Waals surface area contributed by atoms with Gasteiger partial charge in [0.1, 0.15) is 5.75 Å². The van der Waals surface area contributed by atoms with Gasteiger partial charge < -0.3 is 10.1 Å². The molecule has 0 atom stereocenters. The number of carbonyl (C=O) groups is 1. The minimum Gasteiger partial charge on any atom is -0.496 e. The highest BCUT2D eigenvalue weighted by Crippen LogP contribution is 2.24. The Morgan fingerprint density at radius 3 is 2.80 bits per heavy atom. The van der Waals surface area contributed by atoms with Crippen molar-refractivity contribution < 1.29 is 9.53 Å². The number of ether oxygens (including phenoxy) is 1. The van der Waals surface area contributed by atoms with Gasteiger partial charge in [-0.05, 0) is 36.4 Å². The maximum absolute atomic E-state index is 12.2. The number of halogens is 1. The summed E-state index contributed by atoms with van der Waals surface area (Å²) in [5.41, 5.74) is 1.73. The van der Waals surface area contributed by atoms with E-state index in [1.54, 1.807) is 42.5 Å². The van der Waals surface area contributed by atoms with Crippen molar-refractivity contribution in [3.05, 3.63) is 58.6 Å². The van der Waals surface area contributed by atoms with Crippen LogP contribution < -0.4 is 10.1 Å². The van der Waals surface area contributed by atoms with Gasteiger partial charge in [0.25, 0.3) is 5.91 Å². The Bertz CT molecular complexity index is 689. The van der Waals surface area contributed by atoms with E-state index in [1.807, 2.05) is 0 Å². The third-order valence-corrected chi connectivity index (χ3v) is 2.93. The normalized spacial score (nSPS) is 9.65. The van der Waals surface area contributed by atoms with Gasteiger partial charge in [-0.15, -0.1) is 6.42 Å². The highest BCUT2D eigenvalue weighted by molar-refractivity contribution is 6.31. The van der Waals surface area contributed by atoms with Crippen LogP contribution in [0.2, 0.25) is 5.02 Å². The largest absolute Gasteiger partial charge is 0.496 e. The summed E-state index contributed by atoms with van der Waals surface area (Å²) >= 11 is 5.87. The zero-order chi connectivity index (χ0) is 14.5. The number of benzene rings is 2. The van der Waals surface area contributed by atoms with Gasteiger partial charge in [0.15, 0.2) is 0 Å². The molecule has 2 aromatic rings. The van der Waals surface area contributed by atoms with Crippen LogP contribution >= 0.6 is 11.6 Å². The Balaban J connectivity index is 2.26. The first-order valence-corrected chi connectivity index (χ1v) is 6.23. The molecular weight excluding hydrogens is 274 g/mol. The number of methoxy groups -OCH3 is 1. The molecule has 0 bridgehead atoms. The Morgan fingerprint density at radius 1 is 1.30 bits per heavy atom. The molecule has 100 valence electrons. The van der Waals surface area contributed by atoms with Crippen LogP contribution in [0.1, 0.15) is 15.9 Å². The minimum atomic E-state index is -0.285. The Morgan fingerprint density at radius 2 is 2.10 bits per heavy atom.